The first-order valence-corrected chi connectivity index (χ1v) is 9.85. The third-order valence-electron chi connectivity index (χ3n) is 5.38. The van der Waals surface area contributed by atoms with Crippen LogP contribution < -0.4 is 11.1 Å². The molecule has 0 aliphatic heterocycles. The molecular weight excluding hydrogens is 425 g/mol. The van der Waals surface area contributed by atoms with E-state index in [4.69, 9.17) is 15.1 Å². The van der Waals surface area contributed by atoms with Crippen LogP contribution in [-0.4, -0.2) is 33.3 Å². The van der Waals surface area contributed by atoms with E-state index in [-0.39, 0.29) is 42.8 Å². The summed E-state index contributed by atoms with van der Waals surface area (Å²) < 4.78 is 7.53. The van der Waals surface area contributed by atoms with Gasteiger partial charge in [-0.3, -0.25) is 4.79 Å². The summed E-state index contributed by atoms with van der Waals surface area (Å²) in [6.45, 7) is 8.35. The lowest BCUT2D eigenvalue weighted by Gasteiger charge is -2.17. The van der Waals surface area contributed by atoms with Crippen LogP contribution in [0.2, 0.25) is 0 Å². The normalized spacial score (nSPS) is 14.3. The molecule has 1 aliphatic rings. The number of amides is 1. The second-order valence-electron chi connectivity index (χ2n) is 7.96. The molecule has 7 nitrogen and oxygen atoms in total. The summed E-state index contributed by atoms with van der Waals surface area (Å²) in [6.07, 6.45) is 3.97. The van der Waals surface area contributed by atoms with Crippen molar-refractivity contribution in [3.8, 4) is 11.3 Å². The molecule has 164 valence electrons. The summed E-state index contributed by atoms with van der Waals surface area (Å²) in [6, 6.07) is 3.93. The molecule has 1 unspecified atom stereocenters. The number of nitrogens with one attached hydrogen (secondary N) is 1. The lowest BCUT2D eigenvalue weighted by Crippen LogP contribution is -2.41. The minimum Gasteiger partial charge on any atom is -0.466 e. The number of aryl methyl sites for hydroxylation is 2. The zero-order valence-corrected chi connectivity index (χ0v) is 19.3. The van der Waals surface area contributed by atoms with Gasteiger partial charge in [-0.2, -0.15) is 5.10 Å². The van der Waals surface area contributed by atoms with Crippen LogP contribution in [0.4, 0.5) is 0 Å². The number of furan rings is 1. The molecular formula is C21H29Cl2N5O2. The Morgan fingerprint density at radius 2 is 2.00 bits per heavy atom. The number of aromatic nitrogens is 3. The molecule has 3 heterocycles. The highest BCUT2D eigenvalue weighted by molar-refractivity contribution is 6.06. The SMILES string of the molecule is Cc1cc(-c2cc(C(=O)NC(CN)C3CC3)c3cnn(C(C)C)c3n2)c(C)o1.Cl.Cl. The Labute approximate surface area is 188 Å². The van der Waals surface area contributed by atoms with E-state index < -0.39 is 0 Å². The van der Waals surface area contributed by atoms with Gasteiger partial charge in [0, 0.05) is 24.2 Å². The predicted octanol–water partition coefficient (Wildman–Crippen LogP) is 4.20. The van der Waals surface area contributed by atoms with Gasteiger partial charge in [-0.15, -0.1) is 24.8 Å². The molecule has 1 fully saturated rings. The van der Waals surface area contributed by atoms with Crippen molar-refractivity contribution in [1.82, 2.24) is 20.1 Å². The van der Waals surface area contributed by atoms with Crippen molar-refractivity contribution in [2.24, 2.45) is 11.7 Å². The lowest BCUT2D eigenvalue weighted by atomic mass is 10.1. The molecule has 0 radical (unpaired) electrons. The summed E-state index contributed by atoms with van der Waals surface area (Å²) >= 11 is 0. The molecule has 1 saturated carbocycles. The molecule has 1 amide bonds. The Morgan fingerprint density at radius 3 is 2.53 bits per heavy atom. The van der Waals surface area contributed by atoms with Crippen molar-refractivity contribution < 1.29 is 9.21 Å². The minimum absolute atomic E-state index is 0. The Bertz CT molecular complexity index is 1040. The predicted molar refractivity (Wildman–Crippen MR) is 123 cm³/mol. The van der Waals surface area contributed by atoms with Crippen molar-refractivity contribution in [3.63, 3.8) is 0 Å². The second kappa shape index (κ2) is 9.37. The van der Waals surface area contributed by atoms with Crippen molar-refractivity contribution in [2.45, 2.75) is 52.6 Å². The molecule has 0 spiro atoms. The first kappa shape index (κ1) is 24.2. The van der Waals surface area contributed by atoms with E-state index in [9.17, 15) is 4.79 Å². The maximum absolute atomic E-state index is 13.2. The van der Waals surface area contributed by atoms with E-state index in [1.807, 2.05) is 44.5 Å². The van der Waals surface area contributed by atoms with Crippen LogP contribution in [0.3, 0.4) is 0 Å². The van der Waals surface area contributed by atoms with Crippen molar-refractivity contribution in [1.29, 1.82) is 0 Å². The van der Waals surface area contributed by atoms with Crippen LogP contribution in [0.15, 0.2) is 22.7 Å². The summed E-state index contributed by atoms with van der Waals surface area (Å²) in [5.74, 6) is 1.96. The van der Waals surface area contributed by atoms with Gasteiger partial charge in [0.2, 0.25) is 0 Å². The van der Waals surface area contributed by atoms with Crippen LogP contribution in [0.1, 0.15) is 54.6 Å². The first-order valence-electron chi connectivity index (χ1n) is 9.85. The molecule has 9 heteroatoms. The lowest BCUT2D eigenvalue weighted by molar-refractivity contribution is 0.0935. The standard InChI is InChI=1S/C21H27N5O2.2ClH/c1-11(2)26-20-17(10-23-26)16(21(27)25-19(9-22)14-5-6-14)8-18(24-20)15-7-12(3)28-13(15)4;;/h7-8,10-11,14,19H,5-6,9,22H2,1-4H3,(H,25,27);2*1H. The van der Waals surface area contributed by atoms with Crippen LogP contribution in [0.25, 0.3) is 22.3 Å². The number of hydrogen-bond donors (Lipinski definition) is 2. The van der Waals surface area contributed by atoms with Gasteiger partial charge >= 0.3 is 0 Å². The average Bonchev–Trinajstić information content (AvgIpc) is 3.31. The molecule has 30 heavy (non-hydrogen) atoms. The van der Waals surface area contributed by atoms with E-state index >= 15 is 0 Å². The van der Waals surface area contributed by atoms with Crippen LogP contribution >= 0.6 is 24.8 Å². The topological polar surface area (TPSA) is 99.0 Å². The summed E-state index contributed by atoms with van der Waals surface area (Å²) in [4.78, 5) is 18.0. The van der Waals surface area contributed by atoms with Crippen LogP contribution in [0.5, 0.6) is 0 Å². The second-order valence-corrected chi connectivity index (χ2v) is 7.96. The fourth-order valence-electron chi connectivity index (χ4n) is 3.72. The van der Waals surface area contributed by atoms with Crippen LogP contribution in [-0.2, 0) is 0 Å². The fraction of sp³-hybridized carbons (Fsp3) is 0.476. The first-order chi connectivity index (χ1) is 13.4. The Hall–Kier alpha value is -2.09. The Kier molecular flexibility index (Phi) is 7.55. The van der Waals surface area contributed by atoms with Gasteiger partial charge in [0.15, 0.2) is 5.65 Å². The zero-order chi connectivity index (χ0) is 20.0. The number of pyridine rings is 1. The zero-order valence-electron chi connectivity index (χ0n) is 17.6. The van der Waals surface area contributed by atoms with Crippen molar-refractivity contribution in [3.05, 3.63) is 35.4 Å². The molecule has 4 rings (SSSR count). The number of halogens is 2. The highest BCUT2D eigenvalue weighted by atomic mass is 35.5. The third kappa shape index (κ3) is 4.48. The third-order valence-corrected chi connectivity index (χ3v) is 5.38. The number of hydrogen-bond acceptors (Lipinski definition) is 5. The number of carbonyl (C=O) groups excluding carboxylic acids is 1. The number of carbonyl (C=O) groups is 1. The number of nitrogens with zero attached hydrogens (tertiary/aromatic N) is 3. The van der Waals surface area contributed by atoms with E-state index in [0.29, 0.717) is 29.4 Å². The van der Waals surface area contributed by atoms with Gasteiger partial charge in [-0.25, -0.2) is 9.67 Å². The summed E-state index contributed by atoms with van der Waals surface area (Å²) in [5.41, 5.74) is 8.76. The highest BCUT2D eigenvalue weighted by Crippen LogP contribution is 2.33. The number of rotatable bonds is 6. The number of fused-ring (bicyclic) bond motifs is 1. The average molecular weight is 454 g/mol. The van der Waals surface area contributed by atoms with Gasteiger partial charge in [0.25, 0.3) is 5.91 Å². The molecule has 3 aromatic heterocycles. The minimum atomic E-state index is -0.128. The Morgan fingerprint density at radius 1 is 1.30 bits per heavy atom. The largest absolute Gasteiger partial charge is 0.466 e. The van der Waals surface area contributed by atoms with Gasteiger partial charge in [0.05, 0.1) is 22.8 Å². The number of nitrogens with two attached hydrogens (primary N) is 1. The molecule has 3 aromatic rings. The van der Waals surface area contributed by atoms with Crippen molar-refractivity contribution >= 4 is 41.8 Å². The molecule has 1 atom stereocenters. The van der Waals surface area contributed by atoms with Gasteiger partial charge < -0.3 is 15.5 Å². The smallest absolute Gasteiger partial charge is 0.252 e. The molecule has 0 saturated heterocycles. The molecule has 3 N–H and O–H groups in total. The Balaban J connectivity index is 0.00000160. The molecule has 0 bridgehead atoms. The van der Waals surface area contributed by atoms with Gasteiger partial charge in [0.1, 0.15) is 11.5 Å². The van der Waals surface area contributed by atoms with E-state index in [1.165, 1.54) is 0 Å². The van der Waals surface area contributed by atoms with E-state index in [0.717, 1.165) is 35.3 Å². The molecule has 0 aromatic carbocycles. The van der Waals surface area contributed by atoms with E-state index in [2.05, 4.69) is 10.4 Å². The maximum atomic E-state index is 13.2. The monoisotopic (exact) mass is 453 g/mol. The highest BCUT2D eigenvalue weighted by Gasteiger charge is 2.32. The summed E-state index contributed by atoms with van der Waals surface area (Å²) in [5, 5.41) is 8.34. The van der Waals surface area contributed by atoms with Gasteiger partial charge in [-0.05, 0) is 58.6 Å². The summed E-state index contributed by atoms with van der Waals surface area (Å²) in [7, 11) is 0. The van der Waals surface area contributed by atoms with Crippen molar-refractivity contribution in [2.75, 3.05) is 6.54 Å². The van der Waals surface area contributed by atoms with E-state index in [1.54, 1.807) is 6.20 Å². The fourth-order valence-corrected chi connectivity index (χ4v) is 3.72. The quantitative estimate of drug-likeness (QED) is 0.582. The maximum Gasteiger partial charge on any atom is 0.252 e. The molecule has 1 aliphatic carbocycles. The van der Waals surface area contributed by atoms with Crippen LogP contribution in [0, 0.1) is 19.8 Å². The van der Waals surface area contributed by atoms with Gasteiger partial charge in [-0.1, -0.05) is 0 Å².